The number of carbonyl (C=O) groups is 1. The van der Waals surface area contributed by atoms with Crippen molar-refractivity contribution < 1.29 is 9.53 Å². The normalized spacial score (nSPS) is 23.7. The molecule has 0 saturated carbocycles. The van der Waals surface area contributed by atoms with Crippen molar-refractivity contribution in [1.29, 1.82) is 0 Å². The first-order chi connectivity index (χ1) is 10.3. The minimum absolute atomic E-state index is 0.0604. The van der Waals surface area contributed by atoms with Crippen molar-refractivity contribution in [3.63, 3.8) is 0 Å². The van der Waals surface area contributed by atoms with Crippen molar-refractivity contribution >= 4 is 17.2 Å². The second-order valence-electron chi connectivity index (χ2n) is 5.51. The maximum absolute atomic E-state index is 12.5. The molecule has 2 N–H and O–H groups in total. The minimum Gasteiger partial charge on any atom is -0.379 e. The highest BCUT2D eigenvalue weighted by Gasteiger charge is 2.32. The van der Waals surface area contributed by atoms with E-state index in [2.05, 4.69) is 9.88 Å². The molecule has 116 valence electrons. The molecule has 1 unspecified atom stereocenters. The third-order valence-electron chi connectivity index (χ3n) is 4.14. The van der Waals surface area contributed by atoms with E-state index in [1.165, 1.54) is 11.3 Å². The second kappa shape index (κ2) is 6.83. The fourth-order valence-electron chi connectivity index (χ4n) is 2.98. The Morgan fingerprint density at radius 3 is 3.00 bits per heavy atom. The average Bonchev–Trinajstić information content (AvgIpc) is 3.17. The van der Waals surface area contributed by atoms with Crippen LogP contribution in [0.2, 0.25) is 0 Å². The largest absolute Gasteiger partial charge is 0.379 e. The number of amides is 1. The summed E-state index contributed by atoms with van der Waals surface area (Å²) in [6.07, 6.45) is 1.79. The molecule has 3 rings (SSSR count). The first-order valence-electron chi connectivity index (χ1n) is 7.53. The maximum atomic E-state index is 12.5. The summed E-state index contributed by atoms with van der Waals surface area (Å²) in [6.45, 7) is 5.77. The summed E-state index contributed by atoms with van der Waals surface area (Å²) in [5, 5.41) is 2.81. The zero-order valence-electron chi connectivity index (χ0n) is 12.2. The molecule has 2 aliphatic rings. The predicted octanol–water partition coefficient (Wildman–Crippen LogP) is 0.191. The number of rotatable bonds is 4. The van der Waals surface area contributed by atoms with Crippen LogP contribution in [0.1, 0.15) is 21.9 Å². The molecule has 1 atom stereocenters. The molecule has 3 heterocycles. The van der Waals surface area contributed by atoms with Crippen LogP contribution in [-0.4, -0.2) is 72.7 Å². The second-order valence-corrected chi connectivity index (χ2v) is 6.45. The molecule has 2 aliphatic heterocycles. The number of aromatic nitrogens is 1. The van der Waals surface area contributed by atoms with E-state index in [1.807, 2.05) is 10.3 Å². The predicted molar refractivity (Wildman–Crippen MR) is 81.6 cm³/mol. The van der Waals surface area contributed by atoms with E-state index in [1.54, 1.807) is 0 Å². The lowest BCUT2D eigenvalue weighted by Crippen LogP contribution is -2.45. The number of likely N-dealkylation sites (tertiary alicyclic amines) is 1. The Labute approximate surface area is 128 Å². The summed E-state index contributed by atoms with van der Waals surface area (Å²) < 4.78 is 5.39. The molecule has 0 spiro atoms. The van der Waals surface area contributed by atoms with Crippen LogP contribution in [0.5, 0.6) is 0 Å². The molecule has 0 radical (unpaired) electrons. The Morgan fingerprint density at radius 2 is 2.24 bits per heavy atom. The van der Waals surface area contributed by atoms with E-state index in [0.29, 0.717) is 18.3 Å². The van der Waals surface area contributed by atoms with Crippen LogP contribution in [0.25, 0.3) is 0 Å². The molecule has 7 heteroatoms. The molecule has 1 aromatic heterocycles. The molecule has 0 aliphatic carbocycles. The van der Waals surface area contributed by atoms with Crippen molar-refractivity contribution in [3.8, 4) is 0 Å². The number of hydrogen-bond donors (Lipinski definition) is 1. The zero-order chi connectivity index (χ0) is 14.7. The fraction of sp³-hybridized carbons (Fsp3) is 0.714. The minimum atomic E-state index is 0.0604. The number of thiazole rings is 1. The van der Waals surface area contributed by atoms with Crippen molar-refractivity contribution in [3.05, 3.63) is 16.1 Å². The van der Waals surface area contributed by atoms with E-state index in [9.17, 15) is 4.79 Å². The van der Waals surface area contributed by atoms with Crippen LogP contribution in [-0.2, 0) is 11.2 Å². The highest BCUT2D eigenvalue weighted by Crippen LogP contribution is 2.20. The first kappa shape index (κ1) is 14.9. The van der Waals surface area contributed by atoms with Gasteiger partial charge in [-0.05, 0) is 13.0 Å². The standard InChI is InChI=1S/C14H22N4O2S/c15-3-1-13-16-12(10-21-13)14(19)18-4-2-11(9-18)17-5-7-20-8-6-17/h10-11H,1-9,15H2. The van der Waals surface area contributed by atoms with Gasteiger partial charge in [-0.15, -0.1) is 11.3 Å². The third-order valence-corrected chi connectivity index (χ3v) is 5.05. The van der Waals surface area contributed by atoms with Crippen LogP contribution in [0.4, 0.5) is 0 Å². The van der Waals surface area contributed by atoms with Gasteiger partial charge in [-0.25, -0.2) is 4.98 Å². The number of nitrogens with zero attached hydrogens (tertiary/aromatic N) is 3. The zero-order valence-corrected chi connectivity index (χ0v) is 13.0. The van der Waals surface area contributed by atoms with Crippen LogP contribution < -0.4 is 5.73 Å². The Morgan fingerprint density at radius 1 is 1.43 bits per heavy atom. The van der Waals surface area contributed by atoms with E-state index in [-0.39, 0.29) is 5.91 Å². The van der Waals surface area contributed by atoms with E-state index in [4.69, 9.17) is 10.5 Å². The molecule has 2 saturated heterocycles. The van der Waals surface area contributed by atoms with E-state index < -0.39 is 0 Å². The summed E-state index contributed by atoms with van der Waals surface area (Å²) in [7, 11) is 0. The monoisotopic (exact) mass is 310 g/mol. The number of ether oxygens (including phenoxy) is 1. The highest BCUT2D eigenvalue weighted by molar-refractivity contribution is 7.09. The van der Waals surface area contributed by atoms with Gasteiger partial charge in [0.1, 0.15) is 5.69 Å². The lowest BCUT2D eigenvalue weighted by molar-refractivity contribution is 0.0185. The Hall–Kier alpha value is -1.02. The fourth-order valence-corrected chi connectivity index (χ4v) is 3.76. The number of nitrogens with two attached hydrogens (primary N) is 1. The van der Waals surface area contributed by atoms with Gasteiger partial charge in [-0.3, -0.25) is 9.69 Å². The molecular weight excluding hydrogens is 288 g/mol. The summed E-state index contributed by atoms with van der Waals surface area (Å²) in [4.78, 5) is 21.3. The summed E-state index contributed by atoms with van der Waals surface area (Å²) in [6, 6.07) is 0.472. The van der Waals surface area contributed by atoms with Crippen molar-refractivity contribution in [2.45, 2.75) is 18.9 Å². The number of carbonyl (C=O) groups excluding carboxylic acids is 1. The van der Waals surface area contributed by atoms with Gasteiger partial charge in [0.15, 0.2) is 0 Å². The summed E-state index contributed by atoms with van der Waals surface area (Å²) in [5.41, 5.74) is 6.10. The number of morpholine rings is 1. The van der Waals surface area contributed by atoms with Gasteiger partial charge in [0.25, 0.3) is 5.91 Å². The van der Waals surface area contributed by atoms with Crippen molar-refractivity contribution in [1.82, 2.24) is 14.8 Å². The summed E-state index contributed by atoms with van der Waals surface area (Å²) in [5.74, 6) is 0.0604. The molecule has 0 aromatic carbocycles. The van der Waals surface area contributed by atoms with E-state index in [0.717, 1.165) is 57.2 Å². The quantitative estimate of drug-likeness (QED) is 0.860. The summed E-state index contributed by atoms with van der Waals surface area (Å²) >= 11 is 1.52. The third kappa shape index (κ3) is 3.42. The lowest BCUT2D eigenvalue weighted by Gasteiger charge is -2.31. The number of hydrogen-bond acceptors (Lipinski definition) is 6. The molecule has 1 aromatic rings. The lowest BCUT2D eigenvalue weighted by atomic mass is 10.2. The van der Waals surface area contributed by atoms with Gasteiger partial charge in [-0.2, -0.15) is 0 Å². The molecule has 21 heavy (non-hydrogen) atoms. The first-order valence-corrected chi connectivity index (χ1v) is 8.41. The SMILES string of the molecule is NCCc1nc(C(=O)N2CCC(N3CCOCC3)C2)cs1. The Bertz CT molecular complexity index is 487. The molecular formula is C14H22N4O2S. The van der Waals surface area contributed by atoms with Gasteiger partial charge >= 0.3 is 0 Å². The molecule has 6 nitrogen and oxygen atoms in total. The topological polar surface area (TPSA) is 71.7 Å². The van der Waals surface area contributed by atoms with Gasteiger partial charge in [0.05, 0.1) is 18.2 Å². The van der Waals surface area contributed by atoms with Gasteiger partial charge in [0.2, 0.25) is 0 Å². The van der Waals surface area contributed by atoms with Crippen LogP contribution in [0.3, 0.4) is 0 Å². The van der Waals surface area contributed by atoms with Gasteiger partial charge in [-0.1, -0.05) is 0 Å². The van der Waals surface area contributed by atoms with Crippen LogP contribution in [0.15, 0.2) is 5.38 Å². The smallest absolute Gasteiger partial charge is 0.273 e. The van der Waals surface area contributed by atoms with Crippen molar-refractivity contribution in [2.75, 3.05) is 45.9 Å². The average molecular weight is 310 g/mol. The maximum Gasteiger partial charge on any atom is 0.273 e. The molecule has 2 fully saturated rings. The van der Waals surface area contributed by atoms with Crippen molar-refractivity contribution in [2.24, 2.45) is 5.73 Å². The molecule has 0 bridgehead atoms. The van der Waals surface area contributed by atoms with Crippen LogP contribution in [0, 0.1) is 0 Å². The van der Waals surface area contributed by atoms with Gasteiger partial charge < -0.3 is 15.4 Å². The molecule has 1 amide bonds. The van der Waals surface area contributed by atoms with E-state index >= 15 is 0 Å². The highest BCUT2D eigenvalue weighted by atomic mass is 32.1. The Balaban J connectivity index is 1.58. The van der Waals surface area contributed by atoms with Crippen LogP contribution >= 0.6 is 11.3 Å². The van der Waals surface area contributed by atoms with Gasteiger partial charge in [0, 0.05) is 44.0 Å². The Kier molecular flexibility index (Phi) is 4.84.